The van der Waals surface area contributed by atoms with E-state index in [9.17, 15) is 4.79 Å². The topological polar surface area (TPSA) is 53.4 Å². The average Bonchev–Trinajstić information content (AvgIpc) is 3.15. The molecule has 0 unspecified atom stereocenters. The third kappa shape index (κ3) is 4.64. The number of ether oxygens (including phenoxy) is 2. The third-order valence-electron chi connectivity index (χ3n) is 4.05. The van der Waals surface area contributed by atoms with E-state index >= 15 is 0 Å². The van der Waals surface area contributed by atoms with Gasteiger partial charge in [0.1, 0.15) is 17.1 Å². The van der Waals surface area contributed by atoms with Crippen molar-refractivity contribution in [2.24, 2.45) is 0 Å². The molecule has 3 aromatic rings. The van der Waals surface area contributed by atoms with E-state index in [2.05, 4.69) is 4.98 Å². The lowest BCUT2D eigenvalue weighted by molar-refractivity contribution is -0.136. The smallest absolute Gasteiger partial charge is 0.341 e. The van der Waals surface area contributed by atoms with E-state index in [4.69, 9.17) is 9.47 Å². The number of benzene rings is 2. The number of carbonyl (C=O) groups is 1. The molecule has 2 aromatic carbocycles. The van der Waals surface area contributed by atoms with Gasteiger partial charge < -0.3 is 14.0 Å². The zero-order chi connectivity index (χ0) is 19.1. The van der Waals surface area contributed by atoms with Crippen LogP contribution in [0.5, 0.6) is 5.75 Å². The predicted octanol–water partition coefficient (Wildman–Crippen LogP) is 4.04. The van der Waals surface area contributed by atoms with Gasteiger partial charge in [-0.25, -0.2) is 9.78 Å². The largest absolute Gasteiger partial charge is 0.497 e. The van der Waals surface area contributed by atoms with Gasteiger partial charge in [-0.2, -0.15) is 0 Å². The van der Waals surface area contributed by atoms with Gasteiger partial charge in [-0.1, -0.05) is 42.5 Å². The minimum Gasteiger partial charge on any atom is -0.497 e. The lowest BCUT2D eigenvalue weighted by Gasteiger charge is -2.11. The molecule has 0 saturated carbocycles. The van der Waals surface area contributed by atoms with Gasteiger partial charge in [0, 0.05) is 18.9 Å². The Balaban J connectivity index is 2.00. The molecule has 1 aromatic heterocycles. The van der Waals surface area contributed by atoms with Gasteiger partial charge in [0.05, 0.1) is 13.7 Å². The fourth-order valence-corrected chi connectivity index (χ4v) is 2.78. The maximum Gasteiger partial charge on any atom is 0.341 e. The van der Waals surface area contributed by atoms with Crippen LogP contribution in [0.4, 0.5) is 0 Å². The zero-order valence-electron chi connectivity index (χ0n) is 15.5. The Morgan fingerprint density at radius 1 is 1.15 bits per heavy atom. The maximum atomic E-state index is 12.6. The second kappa shape index (κ2) is 8.85. The number of aromatic nitrogens is 2. The molecule has 0 aliphatic carbocycles. The van der Waals surface area contributed by atoms with Gasteiger partial charge in [-0.3, -0.25) is 0 Å². The molecular weight excluding hydrogens is 340 g/mol. The fourth-order valence-electron chi connectivity index (χ4n) is 2.78. The maximum absolute atomic E-state index is 12.6. The Morgan fingerprint density at radius 2 is 1.96 bits per heavy atom. The summed E-state index contributed by atoms with van der Waals surface area (Å²) in [6.07, 6.45) is 5.34. The molecular formula is C22H22N2O3. The van der Waals surface area contributed by atoms with Crippen LogP contribution in [0.1, 0.15) is 23.9 Å². The standard InChI is InChI=1S/C22H22N2O3/c1-3-27-22(25)20(15-18-10-7-11-19(14-18)26-2)21-23-12-13-24(21)16-17-8-5-4-6-9-17/h4-15H,3,16H2,1-2H3. The van der Waals surface area contributed by atoms with Gasteiger partial charge in [0.25, 0.3) is 0 Å². The van der Waals surface area contributed by atoms with Crippen molar-refractivity contribution in [2.45, 2.75) is 13.5 Å². The number of methoxy groups -OCH3 is 1. The van der Waals surface area contributed by atoms with Crippen molar-refractivity contribution in [1.29, 1.82) is 0 Å². The van der Waals surface area contributed by atoms with Crippen molar-refractivity contribution in [2.75, 3.05) is 13.7 Å². The van der Waals surface area contributed by atoms with Crippen LogP contribution in [0.3, 0.4) is 0 Å². The van der Waals surface area contributed by atoms with E-state index in [1.165, 1.54) is 0 Å². The van der Waals surface area contributed by atoms with Crippen LogP contribution in [0.15, 0.2) is 67.0 Å². The second-order valence-electron chi connectivity index (χ2n) is 5.92. The molecule has 0 aliphatic heterocycles. The molecule has 3 rings (SSSR count). The van der Waals surface area contributed by atoms with Crippen LogP contribution in [-0.2, 0) is 16.1 Å². The van der Waals surface area contributed by atoms with Crippen LogP contribution >= 0.6 is 0 Å². The summed E-state index contributed by atoms with van der Waals surface area (Å²) in [5, 5.41) is 0. The van der Waals surface area contributed by atoms with Gasteiger partial charge in [-0.15, -0.1) is 0 Å². The molecule has 0 N–H and O–H groups in total. The van der Waals surface area contributed by atoms with Crippen LogP contribution in [-0.4, -0.2) is 29.2 Å². The molecule has 0 radical (unpaired) electrons. The molecule has 0 fully saturated rings. The Kier molecular flexibility index (Phi) is 6.05. The predicted molar refractivity (Wildman–Crippen MR) is 105 cm³/mol. The Labute approximate surface area is 158 Å². The Bertz CT molecular complexity index is 929. The van der Waals surface area contributed by atoms with Crippen LogP contribution in [0, 0.1) is 0 Å². The highest BCUT2D eigenvalue weighted by atomic mass is 16.5. The Hall–Kier alpha value is -3.34. The number of rotatable bonds is 7. The van der Waals surface area contributed by atoms with Crippen molar-refractivity contribution in [3.63, 3.8) is 0 Å². The minimum atomic E-state index is -0.402. The highest BCUT2D eigenvalue weighted by molar-refractivity contribution is 6.20. The lowest BCUT2D eigenvalue weighted by atomic mass is 10.1. The van der Waals surface area contributed by atoms with E-state index in [1.54, 1.807) is 26.3 Å². The summed E-state index contributed by atoms with van der Waals surface area (Å²) in [7, 11) is 1.61. The summed E-state index contributed by atoms with van der Waals surface area (Å²) in [5.74, 6) is 0.889. The van der Waals surface area contributed by atoms with Crippen molar-refractivity contribution >= 4 is 17.6 Å². The summed E-state index contributed by atoms with van der Waals surface area (Å²) in [4.78, 5) is 17.0. The van der Waals surface area contributed by atoms with Crippen molar-refractivity contribution < 1.29 is 14.3 Å². The van der Waals surface area contributed by atoms with Crippen molar-refractivity contribution in [3.8, 4) is 5.75 Å². The quantitative estimate of drug-likeness (QED) is 0.470. The first-order chi connectivity index (χ1) is 13.2. The number of carbonyl (C=O) groups excluding carboxylic acids is 1. The minimum absolute atomic E-state index is 0.299. The number of imidazole rings is 1. The molecule has 0 saturated heterocycles. The monoisotopic (exact) mass is 362 g/mol. The summed E-state index contributed by atoms with van der Waals surface area (Å²) >= 11 is 0. The van der Waals surface area contributed by atoms with Gasteiger partial charge in [0.15, 0.2) is 0 Å². The summed E-state index contributed by atoms with van der Waals surface area (Å²) in [5.41, 5.74) is 2.37. The molecule has 0 atom stereocenters. The molecule has 0 spiro atoms. The molecule has 1 heterocycles. The first-order valence-electron chi connectivity index (χ1n) is 8.79. The zero-order valence-corrected chi connectivity index (χ0v) is 15.5. The molecule has 0 bridgehead atoms. The van der Waals surface area contributed by atoms with Crippen LogP contribution in [0.2, 0.25) is 0 Å². The van der Waals surface area contributed by atoms with Crippen molar-refractivity contribution in [1.82, 2.24) is 9.55 Å². The van der Waals surface area contributed by atoms with Crippen LogP contribution in [0.25, 0.3) is 11.6 Å². The average molecular weight is 362 g/mol. The van der Waals surface area contributed by atoms with Gasteiger partial charge >= 0.3 is 5.97 Å². The van der Waals surface area contributed by atoms with Gasteiger partial charge in [-0.05, 0) is 36.3 Å². The third-order valence-corrected chi connectivity index (χ3v) is 4.05. The fraction of sp³-hybridized carbons (Fsp3) is 0.182. The SMILES string of the molecule is CCOC(=O)C(=Cc1cccc(OC)c1)c1nccn1Cc1ccccc1. The lowest BCUT2D eigenvalue weighted by Crippen LogP contribution is -2.12. The highest BCUT2D eigenvalue weighted by Gasteiger charge is 2.19. The number of nitrogens with zero attached hydrogens (tertiary/aromatic N) is 2. The normalized spacial score (nSPS) is 11.3. The van der Waals surface area contributed by atoms with E-state index in [0.717, 1.165) is 16.9 Å². The summed E-state index contributed by atoms with van der Waals surface area (Å²) in [6, 6.07) is 17.6. The number of hydrogen-bond donors (Lipinski definition) is 0. The summed E-state index contributed by atoms with van der Waals surface area (Å²) < 4.78 is 12.5. The van der Waals surface area contributed by atoms with E-state index in [0.29, 0.717) is 24.5 Å². The molecule has 138 valence electrons. The Morgan fingerprint density at radius 3 is 2.70 bits per heavy atom. The van der Waals surface area contributed by atoms with E-state index in [1.807, 2.05) is 65.4 Å². The number of hydrogen-bond acceptors (Lipinski definition) is 4. The van der Waals surface area contributed by atoms with E-state index in [-0.39, 0.29) is 0 Å². The highest BCUT2D eigenvalue weighted by Crippen LogP contribution is 2.22. The van der Waals surface area contributed by atoms with Crippen molar-refractivity contribution in [3.05, 3.63) is 83.9 Å². The molecule has 0 aliphatic rings. The molecule has 27 heavy (non-hydrogen) atoms. The first kappa shape index (κ1) is 18.5. The first-order valence-corrected chi connectivity index (χ1v) is 8.79. The van der Waals surface area contributed by atoms with Crippen LogP contribution < -0.4 is 4.74 Å². The number of esters is 1. The molecule has 0 amide bonds. The second-order valence-corrected chi connectivity index (χ2v) is 5.92. The van der Waals surface area contributed by atoms with Gasteiger partial charge in [0.2, 0.25) is 0 Å². The molecule has 5 heteroatoms. The molecule has 5 nitrogen and oxygen atoms in total. The van der Waals surface area contributed by atoms with E-state index < -0.39 is 5.97 Å². The summed E-state index contributed by atoms with van der Waals surface area (Å²) in [6.45, 7) is 2.70.